The number of sulfonamides is 1. The highest BCUT2D eigenvalue weighted by Crippen LogP contribution is 2.47. The second-order valence-corrected chi connectivity index (χ2v) is 15.1. The third-order valence-electron chi connectivity index (χ3n) is 10.1. The van der Waals surface area contributed by atoms with Crippen LogP contribution in [-0.2, 0) is 26.6 Å². The SMILES string of the molecule is CO[C@H]1/C=C/[C@H](CO)[C@H](C)CS(=O)(=O)NC(=O)c2ccc3c(c2)N(C[C@@H]2CC[C@H]21)C[C@@]1(CCCc2cc(Cl)ccc21)CO3. The third kappa shape index (κ3) is 6.06. The van der Waals surface area contributed by atoms with E-state index < -0.39 is 21.8 Å². The quantitative estimate of drug-likeness (QED) is 0.464. The van der Waals surface area contributed by atoms with Crippen LogP contribution in [0.2, 0.25) is 5.02 Å². The van der Waals surface area contributed by atoms with E-state index in [0.717, 1.165) is 49.4 Å². The Kier molecular flexibility index (Phi) is 8.54. The molecule has 6 atom stereocenters. The fourth-order valence-corrected chi connectivity index (χ4v) is 9.20. The molecule has 2 aliphatic heterocycles. The number of methoxy groups -OCH3 is 1. The Bertz CT molecular complexity index is 1510. The van der Waals surface area contributed by atoms with Gasteiger partial charge in [0.25, 0.3) is 5.91 Å². The molecule has 2 aromatic rings. The Morgan fingerprint density at radius 3 is 2.77 bits per heavy atom. The summed E-state index contributed by atoms with van der Waals surface area (Å²) in [6.07, 6.45) is 8.78. The first-order chi connectivity index (χ1) is 20.6. The van der Waals surface area contributed by atoms with Gasteiger partial charge in [0.2, 0.25) is 10.0 Å². The van der Waals surface area contributed by atoms with E-state index in [9.17, 15) is 18.3 Å². The average Bonchev–Trinajstić information content (AvgIpc) is 3.10. The number of aliphatic hydroxyl groups excluding tert-OH is 1. The predicted molar refractivity (Wildman–Crippen MR) is 167 cm³/mol. The van der Waals surface area contributed by atoms with Crippen molar-refractivity contribution in [3.63, 3.8) is 0 Å². The van der Waals surface area contributed by atoms with Crippen LogP contribution in [0.5, 0.6) is 5.75 Å². The molecule has 1 saturated carbocycles. The van der Waals surface area contributed by atoms with Crippen LogP contribution in [0.1, 0.15) is 54.1 Å². The number of nitrogens with one attached hydrogen (secondary N) is 1. The Morgan fingerprint density at radius 2 is 2.02 bits per heavy atom. The topological polar surface area (TPSA) is 105 Å². The summed E-state index contributed by atoms with van der Waals surface area (Å²) >= 11 is 6.40. The molecule has 4 aliphatic rings. The summed E-state index contributed by atoms with van der Waals surface area (Å²) in [6.45, 7) is 3.54. The fourth-order valence-electron chi connectivity index (χ4n) is 7.58. The second kappa shape index (κ2) is 12.1. The molecule has 0 saturated heterocycles. The van der Waals surface area contributed by atoms with Gasteiger partial charge < -0.3 is 19.5 Å². The lowest BCUT2D eigenvalue weighted by molar-refractivity contribution is 0.0128. The number of aryl methyl sites for hydroxylation is 1. The van der Waals surface area contributed by atoms with Crippen molar-refractivity contribution in [3.8, 4) is 5.75 Å². The van der Waals surface area contributed by atoms with E-state index in [0.29, 0.717) is 24.8 Å². The lowest BCUT2D eigenvalue weighted by Crippen LogP contribution is -2.49. The Balaban J connectivity index is 1.43. The van der Waals surface area contributed by atoms with Gasteiger partial charge in [-0.15, -0.1) is 0 Å². The third-order valence-corrected chi connectivity index (χ3v) is 11.8. The van der Waals surface area contributed by atoms with Crippen molar-refractivity contribution < 1.29 is 27.8 Å². The summed E-state index contributed by atoms with van der Waals surface area (Å²) < 4.78 is 40.9. The number of hydrogen-bond acceptors (Lipinski definition) is 7. The van der Waals surface area contributed by atoms with Gasteiger partial charge in [-0.3, -0.25) is 4.79 Å². The van der Waals surface area contributed by atoms with Crippen molar-refractivity contribution in [2.24, 2.45) is 23.7 Å². The molecular formula is C33H41ClN2O6S. The number of hydrogen-bond donors (Lipinski definition) is 2. The molecule has 2 N–H and O–H groups in total. The lowest BCUT2D eigenvalue weighted by Gasteiger charge is -2.46. The van der Waals surface area contributed by atoms with E-state index in [2.05, 4.69) is 21.8 Å². The van der Waals surface area contributed by atoms with Crippen molar-refractivity contribution in [2.75, 3.05) is 44.1 Å². The summed E-state index contributed by atoms with van der Waals surface area (Å²) in [4.78, 5) is 15.7. The van der Waals surface area contributed by atoms with Gasteiger partial charge in [0.15, 0.2) is 0 Å². The molecule has 2 bridgehead atoms. The van der Waals surface area contributed by atoms with E-state index in [1.165, 1.54) is 11.1 Å². The zero-order chi connectivity index (χ0) is 30.4. The number of rotatable bonds is 2. The summed E-state index contributed by atoms with van der Waals surface area (Å²) in [5.41, 5.74) is 3.33. The first-order valence-corrected chi connectivity index (χ1v) is 17.3. The number of anilines is 1. The van der Waals surface area contributed by atoms with E-state index in [1.807, 2.05) is 18.2 Å². The molecule has 6 rings (SSSR count). The number of carbonyl (C=O) groups is 1. The number of fused-ring (bicyclic) bond motifs is 4. The number of aliphatic hydroxyl groups is 1. The Labute approximate surface area is 259 Å². The second-order valence-electron chi connectivity index (χ2n) is 12.9. The van der Waals surface area contributed by atoms with Crippen LogP contribution in [0.15, 0.2) is 48.6 Å². The van der Waals surface area contributed by atoms with Crippen LogP contribution in [0.25, 0.3) is 0 Å². The van der Waals surface area contributed by atoms with Crippen LogP contribution < -0.4 is 14.4 Å². The van der Waals surface area contributed by atoms with Gasteiger partial charge in [-0.2, -0.15) is 0 Å². The highest BCUT2D eigenvalue weighted by Gasteiger charge is 2.44. The normalized spacial score (nSPS) is 32.8. The number of carbonyl (C=O) groups excluding carboxylic acids is 1. The molecule has 1 fully saturated rings. The van der Waals surface area contributed by atoms with Gasteiger partial charge in [0.05, 0.1) is 24.2 Å². The van der Waals surface area contributed by atoms with Gasteiger partial charge in [-0.05, 0) is 91.3 Å². The summed E-state index contributed by atoms with van der Waals surface area (Å²) in [5, 5.41) is 10.8. The van der Waals surface area contributed by atoms with Crippen molar-refractivity contribution in [1.82, 2.24) is 4.72 Å². The molecule has 0 unspecified atom stereocenters. The van der Waals surface area contributed by atoms with Crippen molar-refractivity contribution in [3.05, 3.63) is 70.3 Å². The lowest BCUT2D eigenvalue weighted by atomic mass is 9.68. The molecule has 1 spiro atoms. The predicted octanol–water partition coefficient (Wildman–Crippen LogP) is 4.73. The minimum absolute atomic E-state index is 0.148. The number of nitrogens with zero attached hydrogens (tertiary/aromatic N) is 1. The van der Waals surface area contributed by atoms with Gasteiger partial charge in [-0.1, -0.05) is 36.7 Å². The molecule has 0 radical (unpaired) electrons. The summed E-state index contributed by atoms with van der Waals surface area (Å²) in [6, 6.07) is 11.4. The number of halogens is 1. The van der Waals surface area contributed by atoms with Crippen LogP contribution in [0, 0.1) is 23.7 Å². The van der Waals surface area contributed by atoms with Gasteiger partial charge in [0.1, 0.15) is 5.75 Å². The molecular weight excluding hydrogens is 588 g/mol. The standard InChI is InChI=1S/C33H41ClN2O6S/c1-21-18-43(39,40)35-32(38)23-6-12-31-29(15-23)36(16-24-5-9-27(24)30(41-2)11-7-25(21)17-37)19-33(20-42-31)13-3-4-22-14-26(34)8-10-28(22)33/h6-8,10-12,14-15,21,24-25,27,30,37H,3-5,9,13,16-20H2,1-2H3,(H,35,38)/b11-7+/t21-,24+,25-,27-,30+,33+/m1/s1. The van der Waals surface area contributed by atoms with Crippen LogP contribution in [0.4, 0.5) is 5.69 Å². The molecule has 10 heteroatoms. The van der Waals surface area contributed by atoms with Gasteiger partial charge in [0, 0.05) is 48.7 Å². The first kappa shape index (κ1) is 30.4. The highest BCUT2D eigenvalue weighted by atomic mass is 35.5. The molecule has 8 nitrogen and oxygen atoms in total. The fraction of sp³-hybridized carbons (Fsp3) is 0.545. The maximum Gasteiger partial charge on any atom is 0.264 e. The minimum Gasteiger partial charge on any atom is -0.490 e. The molecule has 2 aliphatic carbocycles. The van der Waals surface area contributed by atoms with Crippen LogP contribution in [0.3, 0.4) is 0 Å². The maximum absolute atomic E-state index is 13.3. The Morgan fingerprint density at radius 1 is 1.19 bits per heavy atom. The molecule has 232 valence electrons. The summed E-state index contributed by atoms with van der Waals surface area (Å²) in [5.74, 6) is -0.433. The molecule has 0 aromatic heterocycles. The first-order valence-electron chi connectivity index (χ1n) is 15.3. The zero-order valence-corrected chi connectivity index (χ0v) is 26.4. The number of benzene rings is 2. The molecule has 43 heavy (non-hydrogen) atoms. The highest BCUT2D eigenvalue weighted by molar-refractivity contribution is 7.90. The maximum atomic E-state index is 13.3. The minimum atomic E-state index is -3.96. The zero-order valence-electron chi connectivity index (χ0n) is 24.8. The number of ether oxygens (including phenoxy) is 2. The Hall–Kier alpha value is -2.59. The molecule has 2 heterocycles. The molecule has 2 aromatic carbocycles. The van der Waals surface area contributed by atoms with Gasteiger partial charge >= 0.3 is 0 Å². The van der Waals surface area contributed by atoms with Crippen molar-refractivity contribution >= 4 is 33.2 Å². The van der Waals surface area contributed by atoms with Gasteiger partial charge in [-0.25, -0.2) is 13.1 Å². The molecule has 1 amide bonds. The van der Waals surface area contributed by atoms with E-state index in [-0.39, 0.29) is 41.3 Å². The monoisotopic (exact) mass is 628 g/mol. The van der Waals surface area contributed by atoms with Crippen molar-refractivity contribution in [2.45, 2.75) is 50.5 Å². The summed E-state index contributed by atoms with van der Waals surface area (Å²) in [7, 11) is -2.25. The largest absolute Gasteiger partial charge is 0.490 e. The van der Waals surface area contributed by atoms with E-state index >= 15 is 0 Å². The van der Waals surface area contributed by atoms with Crippen molar-refractivity contribution in [1.29, 1.82) is 0 Å². The average molecular weight is 629 g/mol. The smallest absolute Gasteiger partial charge is 0.264 e. The van der Waals surface area contributed by atoms with E-state index in [1.54, 1.807) is 32.2 Å². The van der Waals surface area contributed by atoms with Crippen LogP contribution >= 0.6 is 11.6 Å². The van der Waals surface area contributed by atoms with Crippen LogP contribution in [-0.4, -0.2) is 64.7 Å². The van der Waals surface area contributed by atoms with E-state index in [4.69, 9.17) is 21.1 Å². The number of amides is 1.